The van der Waals surface area contributed by atoms with Crippen molar-refractivity contribution < 1.29 is 19.2 Å². The number of hydrogen-bond acceptors (Lipinski definition) is 5. The first-order valence-electron chi connectivity index (χ1n) is 5.84. The third-order valence-corrected chi connectivity index (χ3v) is 3.98. The van der Waals surface area contributed by atoms with Crippen LogP contribution in [0.1, 0.15) is 16.1 Å². The molecule has 2 rings (SSSR count). The molecule has 0 fully saturated rings. The predicted octanol–water partition coefficient (Wildman–Crippen LogP) is 3.17. The number of aryl methyl sites for hydroxylation is 1. The van der Waals surface area contributed by atoms with Crippen LogP contribution in [0.4, 0.5) is 5.82 Å². The summed E-state index contributed by atoms with van der Waals surface area (Å²) >= 11 is 4.42. The number of nitrogens with one attached hydrogen (secondary N) is 1. The molecule has 0 unspecified atom stereocenters. The molecule has 1 aromatic carbocycles. The van der Waals surface area contributed by atoms with Gasteiger partial charge in [-0.15, -0.1) is 11.8 Å². The molecule has 2 aromatic rings. The molecule has 0 bridgehead atoms. The van der Waals surface area contributed by atoms with Gasteiger partial charge in [0, 0.05) is 15.4 Å². The Morgan fingerprint density at radius 3 is 2.81 bits per heavy atom. The molecule has 110 valence electrons. The van der Waals surface area contributed by atoms with Gasteiger partial charge >= 0.3 is 5.97 Å². The Bertz CT molecular complexity index is 687. The molecule has 0 aliphatic carbocycles. The predicted molar refractivity (Wildman–Crippen MR) is 81.7 cm³/mol. The van der Waals surface area contributed by atoms with Crippen LogP contribution in [0.15, 0.2) is 38.2 Å². The average molecular weight is 371 g/mol. The molecule has 0 saturated carbocycles. The first-order valence-corrected chi connectivity index (χ1v) is 7.62. The Balaban J connectivity index is 2.00. The number of anilines is 1. The molecule has 21 heavy (non-hydrogen) atoms. The molecule has 0 aliphatic rings. The van der Waals surface area contributed by atoms with Crippen molar-refractivity contribution in [2.24, 2.45) is 0 Å². The Labute approximate surface area is 133 Å². The third-order valence-electron chi connectivity index (χ3n) is 2.43. The molecule has 0 atom stereocenters. The maximum absolute atomic E-state index is 11.8. The van der Waals surface area contributed by atoms with Crippen molar-refractivity contribution in [3.63, 3.8) is 0 Å². The molecule has 2 N–H and O–H groups in total. The minimum Gasteiger partial charge on any atom is -0.478 e. The number of amides is 1. The number of aromatic carboxylic acids is 1. The summed E-state index contributed by atoms with van der Waals surface area (Å²) in [5, 5.41) is 15.3. The highest BCUT2D eigenvalue weighted by atomic mass is 79.9. The van der Waals surface area contributed by atoms with Gasteiger partial charge in [-0.2, -0.15) is 0 Å². The lowest BCUT2D eigenvalue weighted by Crippen LogP contribution is -2.14. The number of aromatic nitrogens is 1. The van der Waals surface area contributed by atoms with Crippen LogP contribution in [-0.4, -0.2) is 27.9 Å². The number of hydrogen-bond donors (Lipinski definition) is 2. The zero-order valence-corrected chi connectivity index (χ0v) is 13.3. The Hall–Kier alpha value is -1.80. The lowest BCUT2D eigenvalue weighted by atomic mass is 10.2. The lowest BCUT2D eigenvalue weighted by molar-refractivity contribution is -0.113. The molecule has 0 saturated heterocycles. The summed E-state index contributed by atoms with van der Waals surface area (Å²) in [5.41, 5.74) is 0.160. The SMILES string of the molecule is Cc1cc(NC(=O)CSc2cc(Br)ccc2C(=O)O)no1. The van der Waals surface area contributed by atoms with Crippen LogP contribution in [0.5, 0.6) is 0 Å². The van der Waals surface area contributed by atoms with Gasteiger partial charge in [0.1, 0.15) is 5.76 Å². The monoisotopic (exact) mass is 370 g/mol. The van der Waals surface area contributed by atoms with E-state index in [-0.39, 0.29) is 17.2 Å². The second-order valence-corrected chi connectivity index (χ2v) is 6.04. The van der Waals surface area contributed by atoms with E-state index in [9.17, 15) is 9.59 Å². The standard InChI is InChI=1S/C13H11BrN2O4S/c1-7-4-11(16-20-7)15-12(17)6-21-10-5-8(14)2-3-9(10)13(18)19/h2-5H,6H2,1H3,(H,18,19)(H,15,16,17). The van der Waals surface area contributed by atoms with E-state index in [1.165, 1.54) is 6.07 Å². The Morgan fingerprint density at radius 2 is 2.19 bits per heavy atom. The van der Waals surface area contributed by atoms with E-state index in [4.69, 9.17) is 9.63 Å². The van der Waals surface area contributed by atoms with Crippen LogP contribution < -0.4 is 5.32 Å². The molecule has 8 heteroatoms. The van der Waals surface area contributed by atoms with Crippen molar-refractivity contribution in [3.8, 4) is 0 Å². The first kappa shape index (κ1) is 15.6. The highest BCUT2D eigenvalue weighted by Crippen LogP contribution is 2.26. The highest BCUT2D eigenvalue weighted by molar-refractivity contribution is 9.10. The van der Waals surface area contributed by atoms with Crippen LogP contribution in [0.2, 0.25) is 0 Å². The van der Waals surface area contributed by atoms with E-state index >= 15 is 0 Å². The minimum absolute atomic E-state index is 0.0721. The Morgan fingerprint density at radius 1 is 1.43 bits per heavy atom. The maximum Gasteiger partial charge on any atom is 0.336 e. The number of nitrogens with zero attached hydrogens (tertiary/aromatic N) is 1. The van der Waals surface area contributed by atoms with Crippen LogP contribution in [0.25, 0.3) is 0 Å². The van der Waals surface area contributed by atoms with Crippen molar-refractivity contribution in [1.29, 1.82) is 0 Å². The molecule has 0 aliphatic heterocycles. The van der Waals surface area contributed by atoms with E-state index in [1.54, 1.807) is 25.1 Å². The first-order chi connectivity index (χ1) is 9.95. The van der Waals surface area contributed by atoms with Gasteiger partial charge in [0.15, 0.2) is 5.82 Å². The van der Waals surface area contributed by atoms with Crippen molar-refractivity contribution in [1.82, 2.24) is 5.16 Å². The van der Waals surface area contributed by atoms with Crippen molar-refractivity contribution >= 4 is 45.4 Å². The molecule has 1 aromatic heterocycles. The second-order valence-electron chi connectivity index (χ2n) is 4.11. The van der Waals surface area contributed by atoms with Gasteiger partial charge < -0.3 is 14.9 Å². The van der Waals surface area contributed by atoms with Gasteiger partial charge in [-0.1, -0.05) is 21.1 Å². The maximum atomic E-state index is 11.8. The number of carboxylic acid groups (broad SMARTS) is 1. The largest absolute Gasteiger partial charge is 0.478 e. The Kier molecular flexibility index (Phi) is 5.03. The fourth-order valence-corrected chi connectivity index (χ4v) is 2.93. The summed E-state index contributed by atoms with van der Waals surface area (Å²) in [6, 6.07) is 6.41. The zero-order chi connectivity index (χ0) is 15.4. The summed E-state index contributed by atoms with van der Waals surface area (Å²) in [5.74, 6) is -0.311. The second kappa shape index (κ2) is 6.77. The molecule has 6 nitrogen and oxygen atoms in total. The number of carboxylic acids is 1. The number of carbonyl (C=O) groups excluding carboxylic acids is 1. The quantitative estimate of drug-likeness (QED) is 0.785. The van der Waals surface area contributed by atoms with Crippen molar-refractivity contribution in [2.75, 3.05) is 11.1 Å². The molecule has 0 spiro atoms. The van der Waals surface area contributed by atoms with Gasteiger partial charge in [-0.05, 0) is 25.1 Å². The fraction of sp³-hybridized carbons (Fsp3) is 0.154. The van der Waals surface area contributed by atoms with E-state index in [0.717, 1.165) is 16.2 Å². The summed E-state index contributed by atoms with van der Waals surface area (Å²) in [7, 11) is 0. The molecule has 0 radical (unpaired) electrons. The van der Waals surface area contributed by atoms with Gasteiger partial charge in [0.05, 0.1) is 11.3 Å². The molecule has 1 amide bonds. The number of rotatable bonds is 5. The zero-order valence-electron chi connectivity index (χ0n) is 10.9. The summed E-state index contributed by atoms with van der Waals surface area (Å²) in [6.45, 7) is 1.72. The van der Waals surface area contributed by atoms with E-state index in [1.807, 2.05) is 0 Å². The van der Waals surface area contributed by atoms with Crippen molar-refractivity contribution in [3.05, 3.63) is 40.1 Å². The van der Waals surface area contributed by atoms with Crippen LogP contribution in [-0.2, 0) is 4.79 Å². The molecular formula is C13H11BrN2O4S. The number of halogens is 1. The molecule has 1 heterocycles. The average Bonchev–Trinajstić information content (AvgIpc) is 2.81. The number of benzene rings is 1. The lowest BCUT2D eigenvalue weighted by Gasteiger charge is -2.06. The topological polar surface area (TPSA) is 92.4 Å². The van der Waals surface area contributed by atoms with Crippen molar-refractivity contribution in [2.45, 2.75) is 11.8 Å². The van der Waals surface area contributed by atoms with E-state index < -0.39 is 5.97 Å². The summed E-state index contributed by atoms with van der Waals surface area (Å²) in [4.78, 5) is 23.4. The smallest absolute Gasteiger partial charge is 0.336 e. The van der Waals surface area contributed by atoms with Gasteiger partial charge in [-0.3, -0.25) is 4.79 Å². The number of thioether (sulfide) groups is 1. The van der Waals surface area contributed by atoms with E-state index in [0.29, 0.717) is 16.5 Å². The van der Waals surface area contributed by atoms with Gasteiger partial charge in [0.2, 0.25) is 5.91 Å². The van der Waals surface area contributed by atoms with E-state index in [2.05, 4.69) is 26.4 Å². The highest BCUT2D eigenvalue weighted by Gasteiger charge is 2.13. The van der Waals surface area contributed by atoms with Crippen LogP contribution in [0, 0.1) is 6.92 Å². The van der Waals surface area contributed by atoms with Crippen LogP contribution >= 0.6 is 27.7 Å². The number of carbonyl (C=O) groups is 2. The summed E-state index contributed by atoms with van der Waals surface area (Å²) in [6.07, 6.45) is 0. The summed E-state index contributed by atoms with van der Waals surface area (Å²) < 4.78 is 5.59. The van der Waals surface area contributed by atoms with Gasteiger partial charge in [0.25, 0.3) is 0 Å². The van der Waals surface area contributed by atoms with Gasteiger partial charge in [-0.25, -0.2) is 4.79 Å². The normalized spacial score (nSPS) is 10.4. The fourth-order valence-electron chi connectivity index (χ4n) is 1.54. The minimum atomic E-state index is -1.03. The third kappa shape index (κ3) is 4.33. The molecular weight excluding hydrogens is 360 g/mol. The van der Waals surface area contributed by atoms with Crippen LogP contribution in [0.3, 0.4) is 0 Å².